The van der Waals surface area contributed by atoms with Crippen LogP contribution in [0, 0.1) is 0 Å². The van der Waals surface area contributed by atoms with Crippen molar-refractivity contribution >= 4 is 0 Å². The van der Waals surface area contributed by atoms with Gasteiger partial charge in [0.25, 0.3) is 0 Å². The van der Waals surface area contributed by atoms with E-state index in [-0.39, 0.29) is 6.04 Å². The van der Waals surface area contributed by atoms with Gasteiger partial charge in [0.2, 0.25) is 0 Å². The lowest BCUT2D eigenvalue weighted by molar-refractivity contribution is 0.720. The Morgan fingerprint density at radius 1 is 0.800 bits per heavy atom. The monoisotopic (exact) mass is 267 g/mol. The first-order valence-corrected chi connectivity index (χ1v) is 7.53. The molecule has 2 N–H and O–H groups in total. The van der Waals surface area contributed by atoms with Gasteiger partial charge in [-0.3, -0.25) is 0 Å². The van der Waals surface area contributed by atoms with Crippen LogP contribution in [0.15, 0.2) is 48.5 Å². The van der Waals surface area contributed by atoms with E-state index < -0.39 is 0 Å². The summed E-state index contributed by atoms with van der Waals surface area (Å²) in [6, 6.07) is 17.6. The number of hydrogen-bond acceptors (Lipinski definition) is 1. The van der Waals surface area contributed by atoms with E-state index in [1.807, 2.05) is 0 Å². The molecule has 0 fully saturated rings. The summed E-state index contributed by atoms with van der Waals surface area (Å²) in [6.07, 6.45) is 1.98. The fourth-order valence-corrected chi connectivity index (χ4v) is 2.41. The lowest BCUT2D eigenvalue weighted by atomic mass is 9.95. The van der Waals surface area contributed by atoms with Gasteiger partial charge in [-0.15, -0.1) is 0 Å². The summed E-state index contributed by atoms with van der Waals surface area (Å²) in [4.78, 5) is 0. The Balaban J connectivity index is 2.04. The van der Waals surface area contributed by atoms with Gasteiger partial charge in [-0.05, 0) is 41.0 Å². The molecule has 1 nitrogen and oxygen atoms in total. The van der Waals surface area contributed by atoms with E-state index >= 15 is 0 Å². The third kappa shape index (κ3) is 3.71. The van der Waals surface area contributed by atoms with Crippen LogP contribution in [0.25, 0.3) is 0 Å². The Labute approximate surface area is 122 Å². The zero-order chi connectivity index (χ0) is 14.5. The molecule has 0 aromatic heterocycles. The van der Waals surface area contributed by atoms with E-state index in [1.165, 1.54) is 22.3 Å². The van der Waals surface area contributed by atoms with E-state index in [0.717, 1.165) is 12.8 Å². The largest absolute Gasteiger partial charge is 0.324 e. The molecule has 20 heavy (non-hydrogen) atoms. The van der Waals surface area contributed by atoms with Gasteiger partial charge in [-0.1, -0.05) is 69.3 Å². The maximum atomic E-state index is 6.32. The molecule has 2 aromatic carbocycles. The molecule has 0 heterocycles. The van der Waals surface area contributed by atoms with Crippen molar-refractivity contribution in [2.75, 3.05) is 0 Å². The quantitative estimate of drug-likeness (QED) is 0.840. The predicted molar refractivity (Wildman–Crippen MR) is 87.0 cm³/mol. The van der Waals surface area contributed by atoms with Crippen molar-refractivity contribution in [3.63, 3.8) is 0 Å². The van der Waals surface area contributed by atoms with Crippen LogP contribution < -0.4 is 5.73 Å². The fraction of sp³-hybridized carbons (Fsp3) is 0.368. The topological polar surface area (TPSA) is 26.0 Å². The second-order valence-electron chi connectivity index (χ2n) is 5.80. The summed E-state index contributed by atoms with van der Waals surface area (Å²) in [5.74, 6) is 0.571. The van der Waals surface area contributed by atoms with Crippen LogP contribution in [0.3, 0.4) is 0 Å². The maximum absolute atomic E-state index is 6.32. The summed E-state index contributed by atoms with van der Waals surface area (Å²) in [7, 11) is 0. The molecule has 0 saturated carbocycles. The van der Waals surface area contributed by atoms with E-state index in [0.29, 0.717) is 5.92 Å². The van der Waals surface area contributed by atoms with Crippen LogP contribution >= 0.6 is 0 Å². The standard InChI is InChI=1S/C19H25N/c1-4-15-5-7-16(8-6-15)13-19(20)18-11-9-17(10-12-18)14(2)3/h5-12,14,19H,4,13,20H2,1-3H3. The Kier molecular flexibility index (Phi) is 4.97. The van der Waals surface area contributed by atoms with Gasteiger partial charge in [0.1, 0.15) is 0 Å². The number of nitrogens with two attached hydrogens (primary N) is 1. The van der Waals surface area contributed by atoms with Gasteiger partial charge in [-0.2, -0.15) is 0 Å². The summed E-state index contributed by atoms with van der Waals surface area (Å²) in [5.41, 5.74) is 11.6. The van der Waals surface area contributed by atoms with E-state index in [1.54, 1.807) is 0 Å². The zero-order valence-corrected chi connectivity index (χ0v) is 12.8. The van der Waals surface area contributed by atoms with Crippen LogP contribution in [0.2, 0.25) is 0 Å². The molecule has 0 radical (unpaired) electrons. The number of rotatable bonds is 5. The number of hydrogen-bond donors (Lipinski definition) is 1. The highest BCUT2D eigenvalue weighted by Crippen LogP contribution is 2.20. The molecule has 0 spiro atoms. The number of benzene rings is 2. The van der Waals surface area contributed by atoms with Crippen LogP contribution in [-0.4, -0.2) is 0 Å². The van der Waals surface area contributed by atoms with Gasteiger partial charge >= 0.3 is 0 Å². The molecule has 0 saturated heterocycles. The molecule has 0 aliphatic carbocycles. The fourth-order valence-electron chi connectivity index (χ4n) is 2.41. The molecular formula is C19H25N. The van der Waals surface area contributed by atoms with E-state index in [9.17, 15) is 0 Å². The van der Waals surface area contributed by atoms with Gasteiger partial charge in [-0.25, -0.2) is 0 Å². The van der Waals surface area contributed by atoms with Gasteiger partial charge in [0, 0.05) is 6.04 Å². The Bertz CT molecular complexity index is 523. The molecule has 1 heteroatoms. The molecule has 1 atom stereocenters. The first kappa shape index (κ1) is 14.8. The molecule has 0 amide bonds. The lowest BCUT2D eigenvalue weighted by Gasteiger charge is -2.14. The molecule has 1 unspecified atom stereocenters. The molecule has 2 aromatic rings. The lowest BCUT2D eigenvalue weighted by Crippen LogP contribution is -2.13. The molecule has 106 valence electrons. The third-order valence-corrected chi connectivity index (χ3v) is 3.92. The smallest absolute Gasteiger partial charge is 0.0335 e. The second kappa shape index (κ2) is 6.71. The molecule has 2 rings (SSSR count). The van der Waals surface area contributed by atoms with Crippen LogP contribution in [0.1, 0.15) is 55.0 Å². The van der Waals surface area contributed by atoms with Crippen molar-refractivity contribution in [2.24, 2.45) is 5.73 Å². The Morgan fingerprint density at radius 2 is 1.30 bits per heavy atom. The summed E-state index contributed by atoms with van der Waals surface area (Å²) in [5, 5.41) is 0. The average Bonchev–Trinajstić information content (AvgIpc) is 2.48. The first-order chi connectivity index (χ1) is 9.60. The minimum atomic E-state index is 0.0729. The van der Waals surface area contributed by atoms with Crippen molar-refractivity contribution in [3.05, 3.63) is 70.8 Å². The van der Waals surface area contributed by atoms with Gasteiger partial charge < -0.3 is 5.73 Å². The average molecular weight is 267 g/mol. The minimum absolute atomic E-state index is 0.0729. The van der Waals surface area contributed by atoms with Gasteiger partial charge in [0.05, 0.1) is 0 Å². The second-order valence-corrected chi connectivity index (χ2v) is 5.80. The Morgan fingerprint density at radius 3 is 1.80 bits per heavy atom. The molecule has 0 bridgehead atoms. The van der Waals surface area contributed by atoms with Crippen LogP contribution in [0.5, 0.6) is 0 Å². The van der Waals surface area contributed by atoms with Crippen molar-refractivity contribution in [1.29, 1.82) is 0 Å². The molecule has 0 aliphatic rings. The maximum Gasteiger partial charge on any atom is 0.0335 e. The van der Waals surface area contributed by atoms with Gasteiger partial charge in [0.15, 0.2) is 0 Å². The first-order valence-electron chi connectivity index (χ1n) is 7.53. The zero-order valence-electron chi connectivity index (χ0n) is 12.8. The van der Waals surface area contributed by atoms with Crippen LogP contribution in [0.4, 0.5) is 0 Å². The highest BCUT2D eigenvalue weighted by Gasteiger charge is 2.08. The van der Waals surface area contributed by atoms with Crippen LogP contribution in [-0.2, 0) is 12.8 Å². The van der Waals surface area contributed by atoms with Crippen molar-refractivity contribution in [2.45, 2.75) is 45.6 Å². The SMILES string of the molecule is CCc1ccc(CC(N)c2ccc(C(C)C)cc2)cc1. The summed E-state index contributed by atoms with van der Waals surface area (Å²) >= 11 is 0. The summed E-state index contributed by atoms with van der Waals surface area (Å²) in [6.45, 7) is 6.60. The normalized spacial score (nSPS) is 12.7. The predicted octanol–water partition coefficient (Wildman–Crippen LogP) is 4.61. The Hall–Kier alpha value is -1.60. The van der Waals surface area contributed by atoms with E-state index in [2.05, 4.69) is 69.3 Å². The third-order valence-electron chi connectivity index (χ3n) is 3.92. The minimum Gasteiger partial charge on any atom is -0.324 e. The molecule has 0 aliphatic heterocycles. The highest BCUT2D eigenvalue weighted by atomic mass is 14.6. The highest BCUT2D eigenvalue weighted by molar-refractivity contribution is 5.29. The number of aryl methyl sites for hydroxylation is 1. The van der Waals surface area contributed by atoms with Crippen molar-refractivity contribution in [1.82, 2.24) is 0 Å². The van der Waals surface area contributed by atoms with Crippen molar-refractivity contribution < 1.29 is 0 Å². The molecular weight excluding hydrogens is 242 g/mol. The van der Waals surface area contributed by atoms with E-state index in [4.69, 9.17) is 5.73 Å². The van der Waals surface area contributed by atoms with Crippen molar-refractivity contribution in [3.8, 4) is 0 Å². The summed E-state index contributed by atoms with van der Waals surface area (Å²) < 4.78 is 0.